The average Bonchev–Trinajstić information content (AvgIpc) is 3.14. The van der Waals surface area contributed by atoms with Crippen molar-refractivity contribution in [1.82, 2.24) is 0 Å². The molecule has 0 amide bonds. The van der Waals surface area contributed by atoms with Crippen LogP contribution in [0.1, 0.15) is 0 Å². The van der Waals surface area contributed by atoms with Gasteiger partial charge in [0, 0.05) is 28.4 Å². The van der Waals surface area contributed by atoms with Gasteiger partial charge in [0.15, 0.2) is 93.1 Å². The Balaban J connectivity index is 1.93. The monoisotopic (exact) mass is 864 g/mol. The second-order valence-electron chi connectivity index (χ2n) is 10.3. The summed E-state index contributed by atoms with van der Waals surface area (Å²) in [6.07, 6.45) is 0. The molecular formula is C29H8F20S4. The quantitative estimate of drug-likeness (QED) is 0.0602. The summed E-state index contributed by atoms with van der Waals surface area (Å²) in [6.45, 7) is 0. The zero-order valence-corrected chi connectivity index (χ0v) is 27.8. The highest BCUT2D eigenvalue weighted by atomic mass is 32.2. The molecular weight excluding hydrogens is 857 g/mol. The van der Waals surface area contributed by atoms with E-state index in [0.717, 1.165) is 0 Å². The van der Waals surface area contributed by atoms with Gasteiger partial charge in [0.05, 0.1) is 19.6 Å². The largest absolute Gasteiger partial charge is 0.202 e. The van der Waals surface area contributed by atoms with E-state index in [4.69, 9.17) is 0 Å². The van der Waals surface area contributed by atoms with Crippen molar-refractivity contribution in [2.24, 2.45) is 5.41 Å². The van der Waals surface area contributed by atoms with Crippen molar-refractivity contribution in [3.63, 3.8) is 0 Å². The smallest absolute Gasteiger partial charge is 0.200 e. The van der Waals surface area contributed by atoms with Crippen LogP contribution in [0.5, 0.6) is 0 Å². The van der Waals surface area contributed by atoms with Crippen LogP contribution in [-0.2, 0) is 0 Å². The summed E-state index contributed by atoms with van der Waals surface area (Å²) in [4.78, 5) is -7.13. The molecule has 0 spiro atoms. The summed E-state index contributed by atoms with van der Waals surface area (Å²) in [5.74, 6) is -57.3. The third-order valence-electron chi connectivity index (χ3n) is 6.77. The molecule has 0 aliphatic heterocycles. The zero-order valence-electron chi connectivity index (χ0n) is 24.5. The van der Waals surface area contributed by atoms with Crippen molar-refractivity contribution in [3.8, 4) is 0 Å². The Morgan fingerprint density at radius 2 is 0.321 bits per heavy atom. The summed E-state index contributed by atoms with van der Waals surface area (Å²) < 4.78 is 283. The lowest BCUT2D eigenvalue weighted by Crippen LogP contribution is -2.34. The van der Waals surface area contributed by atoms with Crippen LogP contribution in [0, 0.1) is 122 Å². The van der Waals surface area contributed by atoms with Crippen LogP contribution >= 0.6 is 47.0 Å². The van der Waals surface area contributed by atoms with E-state index in [0.29, 0.717) is 0 Å². The molecule has 0 heterocycles. The maximum atomic E-state index is 14.6. The number of hydrogen-bond donors (Lipinski definition) is 0. The number of benzene rings is 4. The lowest BCUT2D eigenvalue weighted by atomic mass is 9.99. The lowest BCUT2D eigenvalue weighted by Gasteiger charge is -2.33. The maximum Gasteiger partial charge on any atom is 0.200 e. The zero-order chi connectivity index (χ0) is 40.0. The van der Waals surface area contributed by atoms with Gasteiger partial charge in [-0.1, -0.05) is 0 Å². The van der Waals surface area contributed by atoms with Gasteiger partial charge in [-0.3, -0.25) is 0 Å². The fraction of sp³-hybridized carbons (Fsp3) is 0.172. The van der Waals surface area contributed by atoms with Crippen molar-refractivity contribution >= 4 is 47.0 Å². The molecule has 0 N–H and O–H groups in total. The van der Waals surface area contributed by atoms with Crippen molar-refractivity contribution in [2.75, 3.05) is 23.0 Å². The van der Waals surface area contributed by atoms with Crippen molar-refractivity contribution in [1.29, 1.82) is 0 Å². The third-order valence-corrected chi connectivity index (χ3v) is 12.4. The molecule has 0 aliphatic carbocycles. The Morgan fingerprint density at radius 1 is 0.208 bits per heavy atom. The van der Waals surface area contributed by atoms with E-state index in [1.54, 1.807) is 0 Å². The van der Waals surface area contributed by atoms with Gasteiger partial charge >= 0.3 is 0 Å². The number of hydrogen-bond acceptors (Lipinski definition) is 4. The number of halogens is 20. The van der Waals surface area contributed by atoms with E-state index in [9.17, 15) is 87.8 Å². The third kappa shape index (κ3) is 7.86. The minimum atomic E-state index is -2.69. The minimum absolute atomic E-state index is 0.449. The van der Waals surface area contributed by atoms with Crippen LogP contribution in [-0.4, -0.2) is 23.0 Å². The Hall–Kier alpha value is -3.12. The van der Waals surface area contributed by atoms with E-state index in [2.05, 4.69) is 0 Å². The molecule has 0 aliphatic rings. The van der Waals surface area contributed by atoms with Crippen LogP contribution in [0.15, 0.2) is 19.6 Å². The fourth-order valence-electron chi connectivity index (χ4n) is 4.00. The highest BCUT2D eigenvalue weighted by molar-refractivity contribution is 8.02. The number of thioether (sulfide) groups is 4. The van der Waals surface area contributed by atoms with Gasteiger partial charge in [-0.2, -0.15) is 0 Å². The first-order valence-corrected chi connectivity index (χ1v) is 17.1. The summed E-state index contributed by atoms with van der Waals surface area (Å²) in [5, 5.41) is 0. The molecule has 24 heteroatoms. The van der Waals surface area contributed by atoms with Crippen LogP contribution in [0.3, 0.4) is 0 Å². The second kappa shape index (κ2) is 16.3. The molecule has 53 heavy (non-hydrogen) atoms. The van der Waals surface area contributed by atoms with Crippen LogP contribution in [0.25, 0.3) is 0 Å². The number of rotatable bonds is 12. The first kappa shape index (κ1) is 42.6. The van der Waals surface area contributed by atoms with Gasteiger partial charge in [0.25, 0.3) is 0 Å². The summed E-state index contributed by atoms with van der Waals surface area (Å²) in [7, 11) is 0. The molecule has 4 aromatic carbocycles. The molecule has 4 aromatic rings. The maximum absolute atomic E-state index is 14.6. The summed E-state index contributed by atoms with van der Waals surface area (Å²) >= 11 is -1.80. The highest BCUT2D eigenvalue weighted by Gasteiger charge is 2.39. The molecule has 0 fully saturated rings. The van der Waals surface area contributed by atoms with Crippen molar-refractivity contribution < 1.29 is 87.8 Å². The highest BCUT2D eigenvalue weighted by Crippen LogP contribution is 2.46. The Morgan fingerprint density at radius 3 is 0.453 bits per heavy atom. The Bertz CT molecular complexity index is 1710. The summed E-state index contributed by atoms with van der Waals surface area (Å²) in [6, 6.07) is 0. The molecule has 0 unspecified atom stereocenters. The predicted octanol–water partition coefficient (Wildman–Crippen LogP) is 11.9. The van der Waals surface area contributed by atoms with Gasteiger partial charge in [-0.15, -0.1) is 47.0 Å². The Kier molecular flexibility index (Phi) is 13.1. The molecule has 0 radical (unpaired) electrons. The average molecular weight is 865 g/mol. The molecule has 0 atom stereocenters. The SMILES string of the molecule is Fc1c(F)c(F)c(SCC(CSc2c(F)c(F)c(F)c(F)c2F)(CSc2c(F)c(F)c(F)c(F)c2F)CSc2c(F)c(F)c(F)c(F)c2F)c(F)c1F. The van der Waals surface area contributed by atoms with E-state index < -0.39 is 211 Å². The lowest BCUT2D eigenvalue weighted by molar-refractivity contribution is 0.359. The van der Waals surface area contributed by atoms with E-state index in [1.807, 2.05) is 0 Å². The summed E-state index contributed by atoms with van der Waals surface area (Å²) in [5.41, 5.74) is -2.65. The first-order valence-electron chi connectivity index (χ1n) is 13.2. The Labute approximate surface area is 298 Å². The van der Waals surface area contributed by atoms with Crippen molar-refractivity contribution in [3.05, 3.63) is 116 Å². The van der Waals surface area contributed by atoms with E-state index in [1.165, 1.54) is 0 Å². The van der Waals surface area contributed by atoms with E-state index in [-0.39, 0.29) is 0 Å². The molecule has 0 saturated carbocycles. The predicted molar refractivity (Wildman–Crippen MR) is 150 cm³/mol. The standard InChI is InChI=1S/C29H8F20S4/c30-5-9(34)17(42)25(18(43)10(5)35)50-1-29(2-51-26-19(44)11(36)6(31)12(37)20(26)45,3-52-27-21(46)13(38)7(32)14(39)22(27)47)4-53-28-23(48)15(40)8(33)16(41)24(28)49/h1-4H2. The molecule has 0 saturated heterocycles. The van der Waals surface area contributed by atoms with E-state index >= 15 is 0 Å². The second-order valence-corrected chi connectivity index (χ2v) is 14.2. The normalized spacial score (nSPS) is 12.0. The van der Waals surface area contributed by atoms with Gasteiger partial charge < -0.3 is 0 Å². The van der Waals surface area contributed by atoms with Gasteiger partial charge in [0.2, 0.25) is 23.3 Å². The molecule has 4 rings (SSSR count). The van der Waals surface area contributed by atoms with Gasteiger partial charge in [-0.05, 0) is 0 Å². The topological polar surface area (TPSA) is 0 Å². The van der Waals surface area contributed by atoms with Crippen LogP contribution < -0.4 is 0 Å². The van der Waals surface area contributed by atoms with Gasteiger partial charge in [0.1, 0.15) is 0 Å². The molecule has 0 bridgehead atoms. The van der Waals surface area contributed by atoms with Gasteiger partial charge in [-0.25, -0.2) is 87.8 Å². The molecule has 0 nitrogen and oxygen atoms in total. The first-order chi connectivity index (χ1) is 24.6. The van der Waals surface area contributed by atoms with Crippen molar-refractivity contribution in [2.45, 2.75) is 19.6 Å². The molecule has 0 aromatic heterocycles. The molecule has 288 valence electrons. The van der Waals surface area contributed by atoms with Crippen LogP contribution in [0.4, 0.5) is 87.8 Å². The minimum Gasteiger partial charge on any atom is -0.202 e. The fourth-order valence-corrected chi connectivity index (χ4v) is 9.53. The van der Waals surface area contributed by atoms with Crippen LogP contribution in [0.2, 0.25) is 0 Å².